The van der Waals surface area contributed by atoms with Crippen LogP contribution in [0.2, 0.25) is 0 Å². The van der Waals surface area contributed by atoms with E-state index < -0.39 is 0 Å². The molecule has 2 aliphatic rings. The summed E-state index contributed by atoms with van der Waals surface area (Å²) in [4.78, 5) is 25.6. The van der Waals surface area contributed by atoms with Crippen molar-refractivity contribution >= 4 is 11.8 Å². The van der Waals surface area contributed by atoms with E-state index in [4.69, 9.17) is 0 Å². The first-order valence-corrected chi connectivity index (χ1v) is 8.23. The molecule has 0 aromatic heterocycles. The van der Waals surface area contributed by atoms with Crippen molar-refractivity contribution in [1.82, 2.24) is 15.5 Å². The van der Waals surface area contributed by atoms with E-state index in [1.165, 1.54) is 12.8 Å². The molecule has 0 radical (unpaired) electrons. The van der Waals surface area contributed by atoms with Gasteiger partial charge < -0.3 is 10.6 Å². The van der Waals surface area contributed by atoms with E-state index in [1.54, 1.807) is 4.90 Å². The van der Waals surface area contributed by atoms with E-state index in [9.17, 15) is 9.59 Å². The number of hydrogen-bond donors (Lipinski definition) is 2. The minimum Gasteiger partial charge on any atom is -0.352 e. The van der Waals surface area contributed by atoms with Crippen molar-refractivity contribution in [3.8, 4) is 0 Å². The fraction of sp³-hybridized carbons (Fsp3) is 0.875. The second-order valence-corrected chi connectivity index (χ2v) is 6.96. The zero-order valence-electron chi connectivity index (χ0n) is 13.5. The number of likely N-dealkylation sites (N-methyl/N-ethyl adjacent to an activating group) is 1. The highest BCUT2D eigenvalue weighted by molar-refractivity contribution is 5.81. The van der Waals surface area contributed by atoms with E-state index >= 15 is 0 Å². The minimum absolute atomic E-state index is 0.0208. The Hall–Kier alpha value is -1.10. The maximum Gasteiger partial charge on any atom is 0.234 e. The van der Waals surface area contributed by atoms with Crippen molar-refractivity contribution < 1.29 is 9.59 Å². The van der Waals surface area contributed by atoms with E-state index in [-0.39, 0.29) is 24.4 Å². The monoisotopic (exact) mass is 295 g/mol. The van der Waals surface area contributed by atoms with Gasteiger partial charge in [-0.2, -0.15) is 0 Å². The van der Waals surface area contributed by atoms with Crippen LogP contribution in [0.5, 0.6) is 0 Å². The van der Waals surface area contributed by atoms with Crippen molar-refractivity contribution in [3.63, 3.8) is 0 Å². The molecule has 5 heteroatoms. The highest BCUT2D eigenvalue weighted by atomic mass is 16.2. The summed E-state index contributed by atoms with van der Waals surface area (Å²) in [5.41, 5.74) is 0. The van der Waals surface area contributed by atoms with Gasteiger partial charge in [0.1, 0.15) is 0 Å². The molecule has 3 atom stereocenters. The quantitative estimate of drug-likeness (QED) is 0.772. The molecule has 0 bridgehead atoms. The van der Waals surface area contributed by atoms with Crippen LogP contribution >= 0.6 is 0 Å². The van der Waals surface area contributed by atoms with Crippen molar-refractivity contribution in [2.45, 2.75) is 58.0 Å². The third kappa shape index (κ3) is 5.30. The number of hydrogen-bond acceptors (Lipinski definition) is 3. The molecule has 0 unspecified atom stereocenters. The summed E-state index contributed by atoms with van der Waals surface area (Å²) < 4.78 is 0. The molecule has 21 heavy (non-hydrogen) atoms. The third-order valence-electron chi connectivity index (χ3n) is 4.82. The lowest BCUT2D eigenvalue weighted by Crippen LogP contribution is -2.48. The summed E-state index contributed by atoms with van der Waals surface area (Å²) in [6, 6.07) is 0.666. The standard InChI is InChI=1S/C16H29N3O2/c1-11-5-4-6-14(12(11)2)18-16(21)10-19(3)9-15(20)17-13-7-8-13/h11-14H,4-10H2,1-3H3,(H,17,20)(H,18,21)/t11-,12-,14-/m1/s1. The molecule has 2 rings (SSSR count). The van der Waals surface area contributed by atoms with Crippen molar-refractivity contribution in [1.29, 1.82) is 0 Å². The molecule has 2 fully saturated rings. The number of nitrogens with one attached hydrogen (secondary N) is 2. The summed E-state index contributed by atoms with van der Waals surface area (Å²) in [5, 5.41) is 6.08. The van der Waals surface area contributed by atoms with Gasteiger partial charge in [-0.05, 0) is 38.1 Å². The van der Waals surface area contributed by atoms with Crippen LogP contribution in [-0.2, 0) is 9.59 Å². The number of carbonyl (C=O) groups is 2. The van der Waals surface area contributed by atoms with E-state index in [0.29, 0.717) is 24.4 Å². The SMILES string of the molecule is C[C@@H]1[C@H](C)CCC[C@H]1NC(=O)CN(C)CC(=O)NC1CC1. The number of carbonyl (C=O) groups excluding carboxylic acids is 2. The van der Waals surface area contributed by atoms with Gasteiger partial charge in [-0.1, -0.05) is 26.7 Å². The number of amides is 2. The number of nitrogens with zero attached hydrogens (tertiary/aromatic N) is 1. The molecule has 0 heterocycles. The molecule has 2 aliphatic carbocycles. The number of rotatable bonds is 6. The zero-order valence-corrected chi connectivity index (χ0v) is 13.5. The predicted molar refractivity (Wildman–Crippen MR) is 82.8 cm³/mol. The maximum atomic E-state index is 12.1. The second-order valence-electron chi connectivity index (χ2n) is 6.96. The highest BCUT2D eigenvalue weighted by Gasteiger charge is 2.28. The first-order chi connectivity index (χ1) is 9.95. The van der Waals surface area contributed by atoms with Crippen molar-refractivity contribution in [2.75, 3.05) is 20.1 Å². The predicted octanol–water partition coefficient (Wildman–Crippen LogP) is 1.14. The molecule has 2 saturated carbocycles. The zero-order chi connectivity index (χ0) is 15.4. The lowest BCUT2D eigenvalue weighted by molar-refractivity contribution is -0.125. The lowest BCUT2D eigenvalue weighted by Gasteiger charge is -2.34. The average Bonchev–Trinajstić information content (AvgIpc) is 3.18. The summed E-state index contributed by atoms with van der Waals surface area (Å²) in [5.74, 6) is 1.26. The molecular formula is C16H29N3O2. The molecule has 5 nitrogen and oxygen atoms in total. The summed E-state index contributed by atoms with van der Waals surface area (Å²) in [6.45, 7) is 5.06. The van der Waals surface area contributed by atoms with E-state index in [0.717, 1.165) is 19.3 Å². The Morgan fingerprint density at radius 3 is 2.24 bits per heavy atom. The highest BCUT2D eigenvalue weighted by Crippen LogP contribution is 2.29. The molecule has 2 amide bonds. The molecular weight excluding hydrogens is 266 g/mol. The van der Waals surface area contributed by atoms with Gasteiger partial charge in [0.2, 0.25) is 11.8 Å². The fourth-order valence-corrected chi connectivity index (χ4v) is 3.09. The van der Waals surface area contributed by atoms with Crippen LogP contribution in [0, 0.1) is 11.8 Å². The Kier molecular flexibility index (Phi) is 5.62. The molecule has 2 N–H and O–H groups in total. The average molecular weight is 295 g/mol. The van der Waals surface area contributed by atoms with Gasteiger partial charge in [-0.25, -0.2) is 0 Å². The maximum absolute atomic E-state index is 12.1. The van der Waals surface area contributed by atoms with Crippen LogP contribution in [0.25, 0.3) is 0 Å². The van der Waals surface area contributed by atoms with Crippen LogP contribution < -0.4 is 10.6 Å². The van der Waals surface area contributed by atoms with E-state index in [1.807, 2.05) is 7.05 Å². The van der Waals surface area contributed by atoms with Crippen LogP contribution in [0.4, 0.5) is 0 Å². The van der Waals surface area contributed by atoms with Crippen LogP contribution in [0.15, 0.2) is 0 Å². The lowest BCUT2D eigenvalue weighted by atomic mass is 9.78. The first-order valence-electron chi connectivity index (χ1n) is 8.23. The van der Waals surface area contributed by atoms with Crippen molar-refractivity contribution in [2.24, 2.45) is 11.8 Å². The largest absolute Gasteiger partial charge is 0.352 e. The van der Waals surface area contributed by atoms with Crippen LogP contribution in [0.1, 0.15) is 46.0 Å². The van der Waals surface area contributed by atoms with Gasteiger partial charge in [0.25, 0.3) is 0 Å². The van der Waals surface area contributed by atoms with Gasteiger partial charge in [-0.3, -0.25) is 14.5 Å². The smallest absolute Gasteiger partial charge is 0.234 e. The van der Waals surface area contributed by atoms with E-state index in [2.05, 4.69) is 24.5 Å². The molecule has 0 spiro atoms. The molecule has 0 aromatic carbocycles. The minimum atomic E-state index is 0.0208. The third-order valence-corrected chi connectivity index (χ3v) is 4.82. The van der Waals surface area contributed by atoms with Crippen LogP contribution in [-0.4, -0.2) is 48.9 Å². The molecule has 0 saturated heterocycles. The fourth-order valence-electron chi connectivity index (χ4n) is 3.09. The Morgan fingerprint density at radius 1 is 1.00 bits per heavy atom. The van der Waals surface area contributed by atoms with Crippen molar-refractivity contribution in [3.05, 3.63) is 0 Å². The molecule has 120 valence electrons. The summed E-state index contributed by atoms with van der Waals surface area (Å²) in [6.07, 6.45) is 5.70. The Morgan fingerprint density at radius 2 is 1.62 bits per heavy atom. The van der Waals surface area contributed by atoms with Gasteiger partial charge in [-0.15, -0.1) is 0 Å². The van der Waals surface area contributed by atoms with Gasteiger partial charge in [0.05, 0.1) is 13.1 Å². The Labute approximate surface area is 127 Å². The van der Waals surface area contributed by atoms with Gasteiger partial charge in [0.15, 0.2) is 0 Å². The second kappa shape index (κ2) is 7.25. The molecule has 0 aromatic rings. The summed E-state index contributed by atoms with van der Waals surface area (Å²) in [7, 11) is 1.82. The van der Waals surface area contributed by atoms with Gasteiger partial charge in [0, 0.05) is 12.1 Å². The topological polar surface area (TPSA) is 61.4 Å². The van der Waals surface area contributed by atoms with Crippen LogP contribution in [0.3, 0.4) is 0 Å². The Balaban J connectivity index is 1.68. The normalized spacial score (nSPS) is 29.2. The van der Waals surface area contributed by atoms with Gasteiger partial charge >= 0.3 is 0 Å². The summed E-state index contributed by atoms with van der Waals surface area (Å²) >= 11 is 0. The Bertz CT molecular complexity index is 382. The molecule has 0 aliphatic heterocycles. The first kappa shape index (κ1) is 16.3.